The third-order valence-corrected chi connectivity index (χ3v) is 3.42. The molecule has 1 aliphatic rings. The van der Waals surface area contributed by atoms with Crippen LogP contribution in [0.25, 0.3) is 0 Å². The van der Waals surface area contributed by atoms with Crippen LogP contribution in [-0.4, -0.2) is 30.9 Å². The lowest BCUT2D eigenvalue weighted by Gasteiger charge is -2.28. The molecule has 1 aromatic rings. The van der Waals surface area contributed by atoms with Gasteiger partial charge >= 0.3 is 0 Å². The average molecular weight is 250 g/mol. The van der Waals surface area contributed by atoms with Crippen molar-refractivity contribution in [3.05, 3.63) is 30.1 Å². The highest BCUT2D eigenvalue weighted by atomic mass is 19.1. The minimum Gasteiger partial charge on any atom is -0.326 e. The Morgan fingerprint density at radius 3 is 2.83 bits per heavy atom. The smallest absolute Gasteiger partial charge is 0.224 e. The van der Waals surface area contributed by atoms with E-state index in [9.17, 15) is 9.18 Å². The predicted octanol–water partition coefficient (Wildman–Crippen LogP) is 2.50. The molecule has 0 radical (unpaired) electrons. The average Bonchev–Trinajstić information content (AvgIpc) is 2.32. The van der Waals surface area contributed by atoms with Crippen molar-refractivity contribution in [2.45, 2.75) is 19.3 Å². The lowest BCUT2D eigenvalue weighted by molar-refractivity contribution is -0.117. The SMILES string of the molecule is CN1CCC(CC(=O)Nc2cccc(F)c2)CC1. The maximum Gasteiger partial charge on any atom is 0.224 e. The molecule has 0 saturated carbocycles. The highest BCUT2D eigenvalue weighted by molar-refractivity contribution is 5.90. The molecule has 2 rings (SSSR count). The van der Waals surface area contributed by atoms with Gasteiger partial charge in [0.05, 0.1) is 0 Å². The van der Waals surface area contributed by atoms with Crippen LogP contribution in [-0.2, 0) is 4.79 Å². The van der Waals surface area contributed by atoms with E-state index in [2.05, 4.69) is 17.3 Å². The Labute approximate surface area is 107 Å². The molecule has 0 bridgehead atoms. The number of amides is 1. The van der Waals surface area contributed by atoms with Crippen LogP contribution < -0.4 is 5.32 Å². The fourth-order valence-electron chi connectivity index (χ4n) is 2.31. The first-order chi connectivity index (χ1) is 8.63. The van der Waals surface area contributed by atoms with E-state index in [0.29, 0.717) is 18.0 Å². The number of piperidine rings is 1. The second-order valence-corrected chi connectivity index (χ2v) is 5.01. The molecule has 18 heavy (non-hydrogen) atoms. The van der Waals surface area contributed by atoms with Gasteiger partial charge in [0.2, 0.25) is 5.91 Å². The van der Waals surface area contributed by atoms with E-state index < -0.39 is 0 Å². The molecule has 0 unspecified atom stereocenters. The van der Waals surface area contributed by atoms with Crippen LogP contribution in [0.5, 0.6) is 0 Å². The van der Waals surface area contributed by atoms with Crippen molar-refractivity contribution in [1.82, 2.24) is 4.90 Å². The zero-order valence-electron chi connectivity index (χ0n) is 10.7. The second-order valence-electron chi connectivity index (χ2n) is 5.01. The summed E-state index contributed by atoms with van der Waals surface area (Å²) in [6.07, 6.45) is 2.66. The van der Waals surface area contributed by atoms with Crippen LogP contribution >= 0.6 is 0 Å². The number of nitrogens with one attached hydrogen (secondary N) is 1. The molecule has 3 nitrogen and oxygen atoms in total. The predicted molar refractivity (Wildman–Crippen MR) is 69.9 cm³/mol. The van der Waals surface area contributed by atoms with Gasteiger partial charge in [-0.25, -0.2) is 4.39 Å². The number of nitrogens with zero attached hydrogens (tertiary/aromatic N) is 1. The van der Waals surface area contributed by atoms with Gasteiger partial charge in [0.1, 0.15) is 5.82 Å². The van der Waals surface area contributed by atoms with Gasteiger partial charge in [-0.05, 0) is 57.1 Å². The Morgan fingerprint density at radius 2 is 2.17 bits per heavy atom. The molecule has 0 atom stereocenters. The third kappa shape index (κ3) is 3.81. The first kappa shape index (κ1) is 13.0. The van der Waals surface area contributed by atoms with Gasteiger partial charge in [0.15, 0.2) is 0 Å². The molecule has 1 fully saturated rings. The van der Waals surface area contributed by atoms with Gasteiger partial charge in [-0.2, -0.15) is 0 Å². The molecular weight excluding hydrogens is 231 g/mol. The summed E-state index contributed by atoms with van der Waals surface area (Å²) in [5.74, 6) is 0.108. The highest BCUT2D eigenvalue weighted by Crippen LogP contribution is 2.20. The summed E-state index contributed by atoms with van der Waals surface area (Å²) in [5, 5.41) is 2.75. The summed E-state index contributed by atoms with van der Waals surface area (Å²) in [7, 11) is 2.10. The molecule has 1 aromatic carbocycles. The van der Waals surface area contributed by atoms with E-state index in [1.165, 1.54) is 12.1 Å². The fraction of sp³-hybridized carbons (Fsp3) is 0.500. The van der Waals surface area contributed by atoms with Crippen LogP contribution in [0.1, 0.15) is 19.3 Å². The number of carbonyl (C=O) groups excluding carboxylic acids is 1. The van der Waals surface area contributed by atoms with Crippen molar-refractivity contribution < 1.29 is 9.18 Å². The zero-order chi connectivity index (χ0) is 13.0. The lowest BCUT2D eigenvalue weighted by atomic mass is 9.93. The largest absolute Gasteiger partial charge is 0.326 e. The van der Waals surface area contributed by atoms with Crippen molar-refractivity contribution in [1.29, 1.82) is 0 Å². The van der Waals surface area contributed by atoms with Gasteiger partial charge < -0.3 is 10.2 Å². The second kappa shape index (κ2) is 5.96. The van der Waals surface area contributed by atoms with Gasteiger partial charge in [0.25, 0.3) is 0 Å². The van der Waals surface area contributed by atoms with Crippen molar-refractivity contribution in [2.24, 2.45) is 5.92 Å². The maximum absolute atomic E-state index is 13.0. The quantitative estimate of drug-likeness (QED) is 0.894. The maximum atomic E-state index is 13.0. The number of halogens is 1. The van der Waals surface area contributed by atoms with Gasteiger partial charge in [0, 0.05) is 12.1 Å². The molecule has 0 spiro atoms. The highest BCUT2D eigenvalue weighted by Gasteiger charge is 2.19. The van der Waals surface area contributed by atoms with Gasteiger partial charge in [-0.3, -0.25) is 4.79 Å². The van der Waals surface area contributed by atoms with E-state index in [4.69, 9.17) is 0 Å². The first-order valence-electron chi connectivity index (χ1n) is 6.37. The van der Waals surface area contributed by atoms with Crippen LogP contribution in [0.4, 0.5) is 10.1 Å². The number of carbonyl (C=O) groups is 1. The Hall–Kier alpha value is -1.42. The van der Waals surface area contributed by atoms with Crippen molar-refractivity contribution in [3.63, 3.8) is 0 Å². The summed E-state index contributed by atoms with van der Waals surface area (Å²) < 4.78 is 13.0. The first-order valence-corrected chi connectivity index (χ1v) is 6.37. The number of hydrogen-bond donors (Lipinski definition) is 1. The monoisotopic (exact) mass is 250 g/mol. The number of hydrogen-bond acceptors (Lipinski definition) is 2. The van der Waals surface area contributed by atoms with Crippen LogP contribution in [0, 0.1) is 11.7 Å². The Balaban J connectivity index is 1.82. The van der Waals surface area contributed by atoms with E-state index in [-0.39, 0.29) is 11.7 Å². The number of benzene rings is 1. The summed E-state index contributed by atoms with van der Waals surface area (Å²) in [6, 6.07) is 6.01. The molecule has 0 aliphatic carbocycles. The topological polar surface area (TPSA) is 32.3 Å². The molecule has 1 aliphatic heterocycles. The van der Waals surface area contributed by atoms with E-state index in [0.717, 1.165) is 25.9 Å². The summed E-state index contributed by atoms with van der Waals surface area (Å²) >= 11 is 0. The molecule has 4 heteroatoms. The third-order valence-electron chi connectivity index (χ3n) is 3.42. The van der Waals surface area contributed by atoms with Crippen molar-refractivity contribution in [2.75, 3.05) is 25.5 Å². The molecular formula is C14H19FN2O. The zero-order valence-corrected chi connectivity index (χ0v) is 10.7. The van der Waals surface area contributed by atoms with Crippen LogP contribution in [0.15, 0.2) is 24.3 Å². The van der Waals surface area contributed by atoms with E-state index in [1.54, 1.807) is 12.1 Å². The van der Waals surface area contributed by atoms with Crippen molar-refractivity contribution >= 4 is 11.6 Å². The standard InChI is InChI=1S/C14H19FN2O/c1-17-7-5-11(6-8-17)9-14(18)16-13-4-2-3-12(15)10-13/h2-4,10-11H,5-9H2,1H3,(H,16,18). The molecule has 1 saturated heterocycles. The number of likely N-dealkylation sites (tertiary alicyclic amines) is 1. The normalized spacial score (nSPS) is 17.7. The van der Waals surface area contributed by atoms with Gasteiger partial charge in [-0.1, -0.05) is 6.07 Å². The molecule has 0 aromatic heterocycles. The lowest BCUT2D eigenvalue weighted by Crippen LogP contribution is -2.31. The fourth-order valence-corrected chi connectivity index (χ4v) is 2.31. The molecule has 1 heterocycles. The van der Waals surface area contributed by atoms with Crippen molar-refractivity contribution in [3.8, 4) is 0 Å². The molecule has 1 N–H and O–H groups in total. The molecule has 98 valence electrons. The summed E-state index contributed by atoms with van der Waals surface area (Å²) in [6.45, 7) is 2.11. The Morgan fingerprint density at radius 1 is 1.44 bits per heavy atom. The Bertz CT molecular complexity index is 414. The number of anilines is 1. The van der Waals surface area contributed by atoms with Gasteiger partial charge in [-0.15, -0.1) is 0 Å². The van der Waals surface area contributed by atoms with E-state index in [1.807, 2.05) is 0 Å². The van der Waals surface area contributed by atoms with Crippen LogP contribution in [0.3, 0.4) is 0 Å². The van der Waals surface area contributed by atoms with E-state index >= 15 is 0 Å². The molecule has 1 amide bonds. The summed E-state index contributed by atoms with van der Waals surface area (Å²) in [4.78, 5) is 14.1. The minimum absolute atomic E-state index is 0.0184. The van der Waals surface area contributed by atoms with Crippen LogP contribution in [0.2, 0.25) is 0 Å². The Kier molecular flexibility index (Phi) is 4.31. The number of rotatable bonds is 3. The summed E-state index contributed by atoms with van der Waals surface area (Å²) in [5.41, 5.74) is 0.535. The minimum atomic E-state index is -0.327.